The second-order valence-corrected chi connectivity index (χ2v) is 7.78. The van der Waals surface area contributed by atoms with Crippen molar-refractivity contribution >= 4 is 47.1 Å². The van der Waals surface area contributed by atoms with Crippen molar-refractivity contribution in [1.29, 1.82) is 0 Å². The number of alkyl halides is 3. The number of amides is 2. The van der Waals surface area contributed by atoms with Gasteiger partial charge in [-0.2, -0.15) is 13.2 Å². The molecule has 0 aliphatic carbocycles. The molecular formula is C19H17F3N2O2S2. The molecule has 0 atom stereocenters. The molecule has 0 radical (unpaired) electrons. The average molecular weight is 426 g/mol. The van der Waals surface area contributed by atoms with E-state index in [9.17, 15) is 22.8 Å². The molecule has 0 spiro atoms. The van der Waals surface area contributed by atoms with Crippen LogP contribution in [-0.2, 0) is 9.59 Å². The van der Waals surface area contributed by atoms with Gasteiger partial charge in [0.1, 0.15) is 0 Å². The van der Waals surface area contributed by atoms with Crippen LogP contribution in [0.15, 0.2) is 64.4 Å². The summed E-state index contributed by atoms with van der Waals surface area (Å²) in [5.74, 6) is -0.270. The number of nitrogens with one attached hydrogen (secondary N) is 1. The van der Waals surface area contributed by atoms with E-state index in [0.717, 1.165) is 4.90 Å². The Morgan fingerprint density at radius 2 is 1.75 bits per heavy atom. The Morgan fingerprint density at radius 1 is 1.07 bits per heavy atom. The molecule has 0 bridgehead atoms. The topological polar surface area (TPSA) is 72.2 Å². The molecule has 3 N–H and O–H groups in total. The number of thioether (sulfide) groups is 2. The summed E-state index contributed by atoms with van der Waals surface area (Å²) in [6.45, 7) is 0. The molecule has 0 saturated heterocycles. The fourth-order valence-corrected chi connectivity index (χ4v) is 3.60. The molecule has 0 fully saturated rings. The summed E-state index contributed by atoms with van der Waals surface area (Å²) in [5.41, 5.74) is 1.99. The number of benzene rings is 2. The van der Waals surface area contributed by atoms with Crippen LogP contribution in [0.2, 0.25) is 0 Å². The number of hydrogen-bond acceptors (Lipinski definition) is 4. The third-order valence-corrected chi connectivity index (χ3v) is 5.11. The Bertz CT molecular complexity index is 853. The van der Waals surface area contributed by atoms with Crippen molar-refractivity contribution in [1.82, 2.24) is 0 Å². The minimum atomic E-state index is -4.33. The summed E-state index contributed by atoms with van der Waals surface area (Å²) >= 11 is 1.21. The van der Waals surface area contributed by atoms with Gasteiger partial charge in [0.05, 0.1) is 5.69 Å². The number of carbonyl (C=O) groups excluding carboxylic acids is 2. The molecule has 4 nitrogen and oxygen atoms in total. The molecule has 28 heavy (non-hydrogen) atoms. The number of carbonyl (C=O) groups is 2. The van der Waals surface area contributed by atoms with Crippen LogP contribution in [-0.4, -0.2) is 23.1 Å². The van der Waals surface area contributed by atoms with Gasteiger partial charge in [0.15, 0.2) is 0 Å². The van der Waals surface area contributed by atoms with E-state index in [4.69, 9.17) is 5.73 Å². The Balaban J connectivity index is 1.95. The van der Waals surface area contributed by atoms with Crippen LogP contribution in [0.1, 0.15) is 12.0 Å². The van der Waals surface area contributed by atoms with E-state index >= 15 is 0 Å². The molecule has 0 heterocycles. The van der Waals surface area contributed by atoms with Gasteiger partial charge >= 0.3 is 5.51 Å². The highest BCUT2D eigenvalue weighted by Crippen LogP contribution is 2.36. The predicted molar refractivity (Wildman–Crippen MR) is 107 cm³/mol. The zero-order valence-electron chi connectivity index (χ0n) is 14.5. The fraction of sp³-hybridized carbons (Fsp3) is 0.158. The van der Waals surface area contributed by atoms with Crippen LogP contribution in [0, 0.1) is 0 Å². The van der Waals surface area contributed by atoms with Gasteiger partial charge in [0, 0.05) is 28.0 Å². The normalized spacial score (nSPS) is 11.5. The number of para-hydroxylation sites is 1. The van der Waals surface area contributed by atoms with Crippen molar-refractivity contribution in [3.63, 3.8) is 0 Å². The summed E-state index contributed by atoms with van der Waals surface area (Å²) in [6, 6.07) is 12.9. The van der Waals surface area contributed by atoms with E-state index in [1.165, 1.54) is 48.2 Å². The quantitative estimate of drug-likeness (QED) is 0.464. The molecule has 9 heteroatoms. The zero-order valence-corrected chi connectivity index (χ0v) is 16.2. The van der Waals surface area contributed by atoms with Gasteiger partial charge in [-0.25, -0.2) is 0 Å². The second-order valence-electron chi connectivity index (χ2n) is 5.50. The number of nitrogens with two attached hydrogens (primary N) is 1. The standard InChI is InChI=1S/C19H17F3N2O2S2/c20-19(21,22)28-14-8-5-13(6-9-14)7-10-18(26)24-15-3-1-2-4-16(15)27-12-11-17(23)25/h1-10H,11-12H2,(H2,23,25)(H,24,26)/b10-7+. The van der Waals surface area contributed by atoms with Crippen LogP contribution < -0.4 is 11.1 Å². The van der Waals surface area contributed by atoms with E-state index in [0.29, 0.717) is 17.0 Å². The van der Waals surface area contributed by atoms with Gasteiger partial charge in [-0.15, -0.1) is 11.8 Å². The lowest BCUT2D eigenvalue weighted by Crippen LogP contribution is -2.11. The number of rotatable bonds is 8. The van der Waals surface area contributed by atoms with Crippen molar-refractivity contribution in [2.24, 2.45) is 5.73 Å². The molecule has 0 aliphatic rings. The summed E-state index contributed by atoms with van der Waals surface area (Å²) in [5, 5.41) is 2.75. The molecule has 0 aliphatic heterocycles. The van der Waals surface area contributed by atoms with Crippen molar-refractivity contribution in [3.05, 3.63) is 60.2 Å². The highest BCUT2D eigenvalue weighted by molar-refractivity contribution is 8.00. The SMILES string of the molecule is NC(=O)CCSc1ccccc1NC(=O)/C=C/c1ccc(SC(F)(F)F)cc1. The lowest BCUT2D eigenvalue weighted by atomic mass is 10.2. The molecular weight excluding hydrogens is 409 g/mol. The Hall–Kier alpha value is -2.39. The van der Waals surface area contributed by atoms with Crippen LogP contribution in [0.5, 0.6) is 0 Å². The van der Waals surface area contributed by atoms with Crippen LogP contribution >= 0.6 is 23.5 Å². The largest absolute Gasteiger partial charge is 0.446 e. The fourth-order valence-electron chi connectivity index (χ4n) is 2.08. The van der Waals surface area contributed by atoms with Gasteiger partial charge < -0.3 is 11.1 Å². The van der Waals surface area contributed by atoms with Crippen molar-refractivity contribution in [3.8, 4) is 0 Å². The van der Waals surface area contributed by atoms with Crippen molar-refractivity contribution < 1.29 is 22.8 Å². The number of primary amides is 1. The maximum atomic E-state index is 12.3. The molecule has 2 aromatic rings. The molecule has 148 valence electrons. The summed E-state index contributed by atoms with van der Waals surface area (Å²) in [4.78, 5) is 23.9. The monoisotopic (exact) mass is 426 g/mol. The van der Waals surface area contributed by atoms with Gasteiger partial charge in [0.25, 0.3) is 0 Å². The summed E-state index contributed by atoms with van der Waals surface area (Å²) in [6.07, 6.45) is 3.05. The second kappa shape index (κ2) is 10.2. The van der Waals surface area contributed by atoms with E-state index in [2.05, 4.69) is 5.32 Å². The third-order valence-electron chi connectivity index (χ3n) is 3.29. The molecule has 0 saturated carbocycles. The first-order chi connectivity index (χ1) is 13.2. The summed E-state index contributed by atoms with van der Waals surface area (Å²) in [7, 11) is 0. The predicted octanol–water partition coefficient (Wildman–Crippen LogP) is 4.92. The van der Waals surface area contributed by atoms with Gasteiger partial charge in [-0.3, -0.25) is 9.59 Å². The smallest absolute Gasteiger partial charge is 0.370 e. The molecule has 2 aromatic carbocycles. The third kappa shape index (κ3) is 8.10. The molecule has 2 rings (SSSR count). The van der Waals surface area contributed by atoms with Crippen molar-refractivity contribution in [2.45, 2.75) is 21.7 Å². The molecule has 0 aromatic heterocycles. The van der Waals surface area contributed by atoms with E-state index in [1.807, 2.05) is 12.1 Å². The maximum absolute atomic E-state index is 12.3. The van der Waals surface area contributed by atoms with Gasteiger partial charge in [0.2, 0.25) is 11.8 Å². The van der Waals surface area contributed by atoms with Crippen LogP contribution in [0.25, 0.3) is 6.08 Å². The molecule has 2 amide bonds. The highest BCUT2D eigenvalue weighted by atomic mass is 32.2. The van der Waals surface area contributed by atoms with Gasteiger partial charge in [-0.1, -0.05) is 24.3 Å². The Kier molecular flexibility index (Phi) is 8.01. The van der Waals surface area contributed by atoms with Crippen LogP contribution in [0.3, 0.4) is 0 Å². The lowest BCUT2D eigenvalue weighted by molar-refractivity contribution is -0.117. The first-order valence-corrected chi connectivity index (χ1v) is 9.88. The van der Waals surface area contributed by atoms with Gasteiger partial charge in [-0.05, 0) is 47.7 Å². The van der Waals surface area contributed by atoms with E-state index in [-0.39, 0.29) is 29.0 Å². The first kappa shape index (κ1) is 21.9. The minimum absolute atomic E-state index is 0.0796. The van der Waals surface area contributed by atoms with E-state index in [1.54, 1.807) is 12.1 Å². The van der Waals surface area contributed by atoms with Crippen molar-refractivity contribution in [2.75, 3.05) is 11.1 Å². The maximum Gasteiger partial charge on any atom is 0.446 e. The summed E-state index contributed by atoms with van der Waals surface area (Å²) < 4.78 is 37.0. The lowest BCUT2D eigenvalue weighted by Gasteiger charge is -2.09. The minimum Gasteiger partial charge on any atom is -0.370 e. The molecule has 0 unspecified atom stereocenters. The van der Waals surface area contributed by atoms with E-state index < -0.39 is 11.4 Å². The zero-order chi connectivity index (χ0) is 20.6. The highest BCUT2D eigenvalue weighted by Gasteiger charge is 2.28. The number of hydrogen-bond donors (Lipinski definition) is 2. The Morgan fingerprint density at radius 3 is 2.39 bits per heavy atom. The Labute approximate surface area is 168 Å². The number of anilines is 1. The van der Waals surface area contributed by atoms with Crippen LogP contribution in [0.4, 0.5) is 18.9 Å². The first-order valence-electron chi connectivity index (χ1n) is 8.08. The average Bonchev–Trinajstić information content (AvgIpc) is 2.61. The number of halogens is 3.